The quantitative estimate of drug-likeness (QED) is 0.857. The average molecular weight is 283 g/mol. The molecule has 0 amide bonds. The van der Waals surface area contributed by atoms with Crippen LogP contribution in [-0.2, 0) is 16.4 Å². The van der Waals surface area contributed by atoms with E-state index in [0.717, 1.165) is 24.2 Å². The Kier molecular flexibility index (Phi) is 3.03. The summed E-state index contributed by atoms with van der Waals surface area (Å²) < 4.78 is 32.7. The highest BCUT2D eigenvalue weighted by molar-refractivity contribution is 7.89. The lowest BCUT2D eigenvalue weighted by Crippen LogP contribution is -2.55. The zero-order chi connectivity index (χ0) is 13.5. The van der Waals surface area contributed by atoms with E-state index in [2.05, 4.69) is 4.72 Å². The minimum atomic E-state index is -3.58. The maximum Gasteiger partial charge on any atom is 0.241 e. The number of aliphatic hydroxyl groups excluding tert-OH is 1. The molecule has 104 valence electrons. The van der Waals surface area contributed by atoms with Gasteiger partial charge in [-0.05, 0) is 43.0 Å². The van der Waals surface area contributed by atoms with Crippen LogP contribution in [0, 0.1) is 0 Å². The highest BCUT2D eigenvalue weighted by Crippen LogP contribution is 2.34. The molecule has 0 bridgehead atoms. The maximum atomic E-state index is 12.3. The number of benzene rings is 1. The van der Waals surface area contributed by atoms with E-state index in [4.69, 9.17) is 4.74 Å². The number of aliphatic hydroxyl groups is 1. The zero-order valence-corrected chi connectivity index (χ0v) is 11.4. The average Bonchev–Trinajstić information content (AvgIpc) is 2.81. The Labute approximate surface area is 112 Å². The molecule has 0 radical (unpaired) electrons. The van der Waals surface area contributed by atoms with Gasteiger partial charge in [-0.15, -0.1) is 0 Å². The van der Waals surface area contributed by atoms with E-state index >= 15 is 0 Å². The lowest BCUT2D eigenvalue weighted by atomic mass is 9.78. The molecule has 1 heterocycles. The number of hydrogen-bond acceptors (Lipinski definition) is 4. The van der Waals surface area contributed by atoms with Crippen LogP contribution in [0.4, 0.5) is 0 Å². The molecular weight excluding hydrogens is 266 g/mol. The first-order chi connectivity index (χ1) is 9.05. The van der Waals surface area contributed by atoms with Gasteiger partial charge in [0.25, 0.3) is 0 Å². The zero-order valence-electron chi connectivity index (χ0n) is 10.6. The van der Waals surface area contributed by atoms with Crippen molar-refractivity contribution in [2.75, 3.05) is 13.2 Å². The van der Waals surface area contributed by atoms with Gasteiger partial charge in [-0.1, -0.05) is 0 Å². The van der Waals surface area contributed by atoms with E-state index in [1.165, 1.54) is 0 Å². The number of sulfonamides is 1. The molecule has 1 aliphatic heterocycles. The topological polar surface area (TPSA) is 75.6 Å². The molecule has 1 fully saturated rings. The van der Waals surface area contributed by atoms with Gasteiger partial charge >= 0.3 is 0 Å². The van der Waals surface area contributed by atoms with E-state index < -0.39 is 15.6 Å². The third-order valence-electron chi connectivity index (χ3n) is 3.94. The van der Waals surface area contributed by atoms with Crippen LogP contribution < -0.4 is 9.46 Å². The second-order valence-electron chi connectivity index (χ2n) is 5.27. The molecule has 0 spiro atoms. The van der Waals surface area contributed by atoms with Crippen LogP contribution in [-0.4, -0.2) is 32.3 Å². The van der Waals surface area contributed by atoms with Gasteiger partial charge in [0.05, 0.1) is 23.6 Å². The summed E-state index contributed by atoms with van der Waals surface area (Å²) in [5.74, 6) is 0.763. The molecule has 6 heteroatoms. The Morgan fingerprint density at radius 1 is 1.37 bits per heavy atom. The summed E-state index contributed by atoms with van der Waals surface area (Å²) in [4.78, 5) is 0.247. The number of fused-ring (bicyclic) bond motifs is 1. The van der Waals surface area contributed by atoms with Crippen molar-refractivity contribution < 1.29 is 18.3 Å². The molecule has 5 nitrogen and oxygen atoms in total. The predicted molar refractivity (Wildman–Crippen MR) is 69.6 cm³/mol. The molecule has 1 aliphatic carbocycles. The second kappa shape index (κ2) is 4.47. The highest BCUT2D eigenvalue weighted by atomic mass is 32.2. The van der Waals surface area contributed by atoms with Crippen LogP contribution in [0.5, 0.6) is 5.75 Å². The van der Waals surface area contributed by atoms with Gasteiger partial charge in [0.1, 0.15) is 5.75 Å². The van der Waals surface area contributed by atoms with Gasteiger partial charge < -0.3 is 9.84 Å². The summed E-state index contributed by atoms with van der Waals surface area (Å²) in [5.41, 5.74) is 0.267. The molecule has 0 unspecified atom stereocenters. The van der Waals surface area contributed by atoms with Crippen LogP contribution in [0.3, 0.4) is 0 Å². The SMILES string of the molecule is O=S(=O)(NC1(CO)CCC1)c1ccc2c(c1)CCO2. The summed E-state index contributed by atoms with van der Waals surface area (Å²) >= 11 is 0. The summed E-state index contributed by atoms with van der Waals surface area (Å²) in [7, 11) is -3.58. The van der Waals surface area contributed by atoms with Gasteiger partial charge in [0.2, 0.25) is 10.0 Å². The van der Waals surface area contributed by atoms with Crippen molar-refractivity contribution in [1.29, 1.82) is 0 Å². The molecule has 19 heavy (non-hydrogen) atoms. The Bertz CT molecular complexity index is 587. The van der Waals surface area contributed by atoms with Crippen LogP contribution in [0.15, 0.2) is 23.1 Å². The van der Waals surface area contributed by atoms with Gasteiger partial charge in [-0.3, -0.25) is 0 Å². The van der Waals surface area contributed by atoms with Gasteiger partial charge in [0, 0.05) is 6.42 Å². The van der Waals surface area contributed by atoms with E-state index in [1.807, 2.05) is 0 Å². The molecular formula is C13H17NO4S. The summed E-state index contributed by atoms with van der Waals surface area (Å²) in [6.45, 7) is 0.452. The smallest absolute Gasteiger partial charge is 0.241 e. The molecule has 0 atom stereocenters. The van der Waals surface area contributed by atoms with Crippen molar-refractivity contribution in [3.05, 3.63) is 23.8 Å². The maximum absolute atomic E-state index is 12.3. The number of nitrogens with one attached hydrogen (secondary N) is 1. The molecule has 1 aromatic carbocycles. The van der Waals surface area contributed by atoms with Gasteiger partial charge in [-0.25, -0.2) is 13.1 Å². The Morgan fingerprint density at radius 3 is 2.79 bits per heavy atom. The van der Waals surface area contributed by atoms with Crippen LogP contribution >= 0.6 is 0 Å². The first-order valence-corrected chi connectivity index (χ1v) is 7.94. The van der Waals surface area contributed by atoms with Crippen molar-refractivity contribution in [3.63, 3.8) is 0 Å². The van der Waals surface area contributed by atoms with E-state index in [-0.39, 0.29) is 11.5 Å². The minimum Gasteiger partial charge on any atom is -0.493 e. The molecule has 1 saturated carbocycles. The number of rotatable bonds is 4. The second-order valence-corrected chi connectivity index (χ2v) is 6.95. The third kappa shape index (κ3) is 2.24. The largest absolute Gasteiger partial charge is 0.493 e. The van der Waals surface area contributed by atoms with Crippen LogP contribution in [0.2, 0.25) is 0 Å². The molecule has 2 N–H and O–H groups in total. The van der Waals surface area contributed by atoms with E-state index in [9.17, 15) is 13.5 Å². The number of hydrogen-bond donors (Lipinski definition) is 2. The minimum absolute atomic E-state index is 0.152. The fourth-order valence-corrected chi connectivity index (χ4v) is 4.07. The molecule has 0 saturated heterocycles. The lowest BCUT2D eigenvalue weighted by Gasteiger charge is -2.40. The van der Waals surface area contributed by atoms with Crippen molar-refractivity contribution in [2.45, 2.75) is 36.1 Å². The van der Waals surface area contributed by atoms with E-state index in [0.29, 0.717) is 19.4 Å². The Hall–Kier alpha value is -1.11. The summed E-state index contributed by atoms with van der Waals surface area (Å²) in [6.07, 6.45) is 3.07. The standard InChI is InChI=1S/C13H17NO4S/c15-9-13(5-1-6-13)14-19(16,17)11-2-3-12-10(8-11)4-7-18-12/h2-3,8,14-15H,1,4-7,9H2. The molecule has 3 rings (SSSR count). The number of ether oxygens (including phenoxy) is 1. The monoisotopic (exact) mass is 283 g/mol. The summed E-state index contributed by atoms with van der Waals surface area (Å²) in [6, 6.07) is 4.91. The van der Waals surface area contributed by atoms with Gasteiger partial charge in [0.15, 0.2) is 0 Å². The highest BCUT2D eigenvalue weighted by Gasteiger charge is 2.40. The first kappa shape index (κ1) is 12.9. The molecule has 2 aliphatic rings. The fourth-order valence-electron chi connectivity index (χ4n) is 2.57. The first-order valence-electron chi connectivity index (χ1n) is 6.45. The van der Waals surface area contributed by atoms with Crippen molar-refractivity contribution >= 4 is 10.0 Å². The Balaban J connectivity index is 1.88. The molecule has 1 aromatic rings. The predicted octanol–water partition coefficient (Wildman–Crippen LogP) is 0.815. The van der Waals surface area contributed by atoms with Crippen LogP contribution in [0.25, 0.3) is 0 Å². The van der Waals surface area contributed by atoms with E-state index in [1.54, 1.807) is 18.2 Å². The Morgan fingerprint density at radius 2 is 2.16 bits per heavy atom. The molecule has 0 aromatic heterocycles. The summed E-state index contributed by atoms with van der Waals surface area (Å²) in [5, 5.41) is 9.35. The van der Waals surface area contributed by atoms with Crippen molar-refractivity contribution in [2.24, 2.45) is 0 Å². The van der Waals surface area contributed by atoms with Crippen LogP contribution in [0.1, 0.15) is 24.8 Å². The van der Waals surface area contributed by atoms with Crippen molar-refractivity contribution in [3.8, 4) is 5.75 Å². The lowest BCUT2D eigenvalue weighted by molar-refractivity contribution is 0.110. The van der Waals surface area contributed by atoms with Gasteiger partial charge in [-0.2, -0.15) is 0 Å². The normalized spacial score (nSPS) is 20.5. The third-order valence-corrected chi connectivity index (χ3v) is 5.51. The van der Waals surface area contributed by atoms with Crippen molar-refractivity contribution in [1.82, 2.24) is 4.72 Å². The fraction of sp³-hybridized carbons (Fsp3) is 0.538.